The predicted octanol–water partition coefficient (Wildman–Crippen LogP) is -6.66. The molecule has 0 aromatic heterocycles. The van der Waals surface area contributed by atoms with Crippen molar-refractivity contribution in [2.24, 2.45) is 5.73 Å². The molecular weight excluding hydrogens is 863 g/mol. The Morgan fingerprint density at radius 1 is 0.750 bits per heavy atom. The van der Waals surface area contributed by atoms with E-state index in [-0.39, 0.29) is 13.0 Å². The topological polar surface area (TPSA) is 428 Å². The number of nitrogens with one attached hydrogen (secondary N) is 8. The standard InChI is InChI=1S/C36H53FN10O17/c1-15(48)29-35(63)40-13-25(51)42-20(4-7-26(52)53)32(60)43-18(30(38)58)9-10-39-24(50)6-3-19(41-16(2)49)31(59)45-22(12-28(56)57)36(64)47-14-17(37)11-23(47)34(62)44-21(33(61)46-29)5-8-27(54)55/h15,17-23,29,48H,3-14H2,1-2H3,(H2,38,58)(H,39,50)(H,40,63)(H,41,49)(H,42,51)(H,43,60)(H,44,62)(H,45,59)(H,46,61)(H,52,53)(H,54,55)(H,56,57)/t15-,17+,18+,19+,20+,21+,22+,23+,29+/m1/s1. The molecule has 27 nitrogen and oxygen atoms in total. The van der Waals surface area contributed by atoms with E-state index in [2.05, 4.69) is 42.5 Å². The van der Waals surface area contributed by atoms with E-state index >= 15 is 0 Å². The van der Waals surface area contributed by atoms with Crippen LogP contribution in [-0.4, -0.2) is 177 Å². The van der Waals surface area contributed by atoms with Gasteiger partial charge in [0.25, 0.3) is 0 Å². The minimum atomic E-state index is -2.01. The number of nitrogens with two attached hydrogens (primary N) is 1. The smallest absolute Gasteiger partial charge is 0.305 e. The summed E-state index contributed by atoms with van der Waals surface area (Å²) in [5.74, 6) is -15.7. The molecule has 2 saturated heterocycles. The maximum absolute atomic E-state index is 15.0. The number of aliphatic hydroxyl groups is 1. The van der Waals surface area contributed by atoms with Gasteiger partial charge < -0.3 is 73.6 Å². The molecule has 64 heavy (non-hydrogen) atoms. The van der Waals surface area contributed by atoms with Crippen molar-refractivity contribution < 1.29 is 87.1 Å². The summed E-state index contributed by atoms with van der Waals surface area (Å²) >= 11 is 0. The molecule has 2 aliphatic rings. The summed E-state index contributed by atoms with van der Waals surface area (Å²) in [6.07, 6.45) is -9.55. The second-order valence-corrected chi connectivity index (χ2v) is 14.9. The van der Waals surface area contributed by atoms with Gasteiger partial charge >= 0.3 is 17.9 Å². The number of fused-ring (bicyclic) bond motifs is 1. The number of hydrogen-bond donors (Lipinski definition) is 13. The average molecular weight is 917 g/mol. The van der Waals surface area contributed by atoms with Gasteiger partial charge in [-0.25, -0.2) is 4.39 Å². The highest BCUT2D eigenvalue weighted by molar-refractivity contribution is 5.99. The Morgan fingerprint density at radius 3 is 1.88 bits per heavy atom. The Morgan fingerprint density at radius 2 is 1.33 bits per heavy atom. The summed E-state index contributed by atoms with van der Waals surface area (Å²) in [5, 5.41) is 56.1. The van der Waals surface area contributed by atoms with Crippen molar-refractivity contribution in [3.05, 3.63) is 0 Å². The van der Waals surface area contributed by atoms with Gasteiger partial charge in [-0.2, -0.15) is 0 Å². The van der Waals surface area contributed by atoms with Crippen LogP contribution < -0.4 is 48.3 Å². The molecule has 356 valence electrons. The average Bonchev–Trinajstić information content (AvgIpc) is 3.59. The summed E-state index contributed by atoms with van der Waals surface area (Å²) in [6, 6.07) is -12.3. The number of nitrogens with zero attached hydrogens (tertiary/aromatic N) is 1. The number of hydrogen-bond acceptors (Lipinski definition) is 14. The maximum Gasteiger partial charge on any atom is 0.305 e. The molecule has 0 aliphatic carbocycles. The van der Waals surface area contributed by atoms with Gasteiger partial charge in [-0.1, -0.05) is 0 Å². The third-order valence-electron chi connectivity index (χ3n) is 9.66. The van der Waals surface area contributed by atoms with Crippen molar-refractivity contribution in [2.45, 2.75) is 126 Å². The second kappa shape index (κ2) is 25.2. The molecule has 2 heterocycles. The van der Waals surface area contributed by atoms with Crippen molar-refractivity contribution >= 4 is 77.0 Å². The fourth-order valence-corrected chi connectivity index (χ4v) is 6.44. The number of rotatable bonds is 11. The SMILES string of the molecule is CC(=O)N[C@H]1CCC(=O)NCC[C@@H](C(N)=O)NC(=O)[C@H](CCC(=O)O)NC(=O)CNC(=O)[C@H]([C@@H](C)O)NC(=O)[C@H](CCC(=O)O)NC(=O)[C@@H]2C[C@H](F)CN2C(=O)[C@H](CC(=O)O)NC1=O. The Bertz CT molecular complexity index is 1830. The minimum absolute atomic E-state index is 0.349. The number of primary amides is 1. The number of alkyl halides is 1. The highest BCUT2D eigenvalue weighted by Gasteiger charge is 2.44. The molecule has 0 aromatic rings. The minimum Gasteiger partial charge on any atom is -0.481 e. The summed E-state index contributed by atoms with van der Waals surface area (Å²) in [4.78, 5) is 166. The summed E-state index contributed by atoms with van der Waals surface area (Å²) in [6.45, 7) is -0.0953. The van der Waals surface area contributed by atoms with Crippen LogP contribution in [0.15, 0.2) is 0 Å². The van der Waals surface area contributed by atoms with Crippen LogP contribution in [0.2, 0.25) is 0 Å². The number of aliphatic carboxylic acids is 3. The van der Waals surface area contributed by atoms with Gasteiger partial charge in [-0.3, -0.25) is 62.3 Å². The van der Waals surface area contributed by atoms with Gasteiger partial charge in [-0.15, -0.1) is 0 Å². The lowest BCUT2D eigenvalue weighted by molar-refractivity contribution is -0.146. The Balaban J connectivity index is 2.59. The molecule has 2 fully saturated rings. The third-order valence-corrected chi connectivity index (χ3v) is 9.66. The molecule has 9 atom stereocenters. The zero-order valence-corrected chi connectivity index (χ0v) is 34.7. The third kappa shape index (κ3) is 17.8. The molecule has 0 aromatic carbocycles. The molecule has 0 unspecified atom stereocenters. The first-order valence-electron chi connectivity index (χ1n) is 19.8. The van der Waals surface area contributed by atoms with Gasteiger partial charge in [0.1, 0.15) is 48.5 Å². The molecular formula is C36H53FN10O17. The van der Waals surface area contributed by atoms with E-state index in [1.807, 2.05) is 0 Å². The van der Waals surface area contributed by atoms with Crippen LogP contribution in [0.25, 0.3) is 0 Å². The van der Waals surface area contributed by atoms with Gasteiger partial charge in [0, 0.05) is 39.2 Å². The highest BCUT2D eigenvalue weighted by Crippen LogP contribution is 2.23. The first kappa shape index (κ1) is 53.1. The van der Waals surface area contributed by atoms with Gasteiger partial charge in [-0.05, 0) is 32.6 Å². The molecule has 0 bridgehead atoms. The maximum atomic E-state index is 15.0. The quantitative estimate of drug-likeness (QED) is 0.0916. The van der Waals surface area contributed by atoms with Crippen LogP contribution >= 0.6 is 0 Å². The highest BCUT2D eigenvalue weighted by atomic mass is 19.1. The number of carboxylic acids is 3. The molecule has 28 heteroatoms. The van der Waals surface area contributed by atoms with Gasteiger partial charge in [0.2, 0.25) is 59.1 Å². The number of amides is 10. The van der Waals surface area contributed by atoms with Crippen molar-refractivity contribution in [3.63, 3.8) is 0 Å². The van der Waals surface area contributed by atoms with Gasteiger partial charge in [0.15, 0.2) is 0 Å². The molecule has 14 N–H and O–H groups in total. The fraction of sp³-hybridized carbons (Fsp3) is 0.639. The molecule has 2 aliphatic heterocycles. The lowest BCUT2D eigenvalue weighted by Gasteiger charge is -2.30. The number of halogens is 1. The first-order valence-corrected chi connectivity index (χ1v) is 19.8. The number of aliphatic hydroxyl groups excluding tert-OH is 1. The monoisotopic (exact) mass is 916 g/mol. The van der Waals surface area contributed by atoms with Crippen molar-refractivity contribution in [3.8, 4) is 0 Å². The van der Waals surface area contributed by atoms with Crippen molar-refractivity contribution in [1.82, 2.24) is 47.4 Å². The van der Waals surface area contributed by atoms with Crippen molar-refractivity contribution in [2.75, 3.05) is 19.6 Å². The van der Waals surface area contributed by atoms with Crippen molar-refractivity contribution in [1.29, 1.82) is 0 Å². The van der Waals surface area contributed by atoms with E-state index in [1.165, 1.54) is 0 Å². The van der Waals surface area contributed by atoms with Crippen LogP contribution in [0.4, 0.5) is 4.39 Å². The number of carbonyl (C=O) groups excluding carboxylic acids is 10. The molecule has 2 rings (SSSR count). The molecule has 0 spiro atoms. The van der Waals surface area contributed by atoms with Crippen LogP contribution in [0, 0.1) is 0 Å². The Labute approximate surface area is 362 Å². The van der Waals surface area contributed by atoms with Gasteiger partial charge in [0.05, 0.1) is 25.6 Å². The number of carbonyl (C=O) groups is 13. The molecule has 10 amide bonds. The fourth-order valence-electron chi connectivity index (χ4n) is 6.44. The zero-order chi connectivity index (χ0) is 48.4. The van der Waals surface area contributed by atoms with E-state index < -0.39 is 196 Å². The van der Waals surface area contributed by atoms with Crippen LogP contribution in [0.1, 0.15) is 71.6 Å². The summed E-state index contributed by atoms with van der Waals surface area (Å²) < 4.78 is 15.0. The lowest BCUT2D eigenvalue weighted by atomic mass is 10.1. The second-order valence-electron chi connectivity index (χ2n) is 14.9. The first-order chi connectivity index (χ1) is 29.9. The molecule has 0 radical (unpaired) electrons. The van der Waals surface area contributed by atoms with Crippen LogP contribution in [0.5, 0.6) is 0 Å². The zero-order valence-electron chi connectivity index (χ0n) is 34.7. The summed E-state index contributed by atoms with van der Waals surface area (Å²) in [7, 11) is 0. The Kier molecular flexibility index (Phi) is 20.9. The van der Waals surface area contributed by atoms with E-state index in [4.69, 9.17) is 5.73 Å². The van der Waals surface area contributed by atoms with E-state index in [0.29, 0.717) is 4.90 Å². The summed E-state index contributed by atoms with van der Waals surface area (Å²) in [5.41, 5.74) is 5.42. The number of carboxylic acid groups (broad SMARTS) is 3. The van der Waals surface area contributed by atoms with E-state index in [0.717, 1.165) is 13.8 Å². The van der Waals surface area contributed by atoms with E-state index in [1.54, 1.807) is 0 Å². The van der Waals surface area contributed by atoms with E-state index in [9.17, 15) is 87.1 Å². The normalized spacial score (nSPS) is 27.0. The molecule has 0 saturated carbocycles. The Hall–Kier alpha value is -7.00. The lowest BCUT2D eigenvalue weighted by Crippen LogP contribution is -2.60. The van der Waals surface area contributed by atoms with Crippen LogP contribution in [0.3, 0.4) is 0 Å². The predicted molar refractivity (Wildman–Crippen MR) is 209 cm³/mol. The largest absolute Gasteiger partial charge is 0.481 e. The van der Waals surface area contributed by atoms with Crippen LogP contribution in [-0.2, 0) is 62.3 Å².